The molecule has 0 N–H and O–H groups in total. The highest BCUT2D eigenvalue weighted by Crippen LogP contribution is 2.17. The molecule has 0 aromatic carbocycles. The van der Waals surface area contributed by atoms with Gasteiger partial charge in [0.2, 0.25) is 0 Å². The molecule has 0 bridgehead atoms. The van der Waals surface area contributed by atoms with Crippen LogP contribution in [0.5, 0.6) is 0 Å². The number of rotatable bonds is 56. The summed E-state index contributed by atoms with van der Waals surface area (Å²) >= 11 is 0. The van der Waals surface area contributed by atoms with Gasteiger partial charge in [0.15, 0.2) is 6.10 Å². The Morgan fingerprint density at radius 1 is 0.294 bits per heavy atom. The maximum Gasteiger partial charge on any atom is 0.306 e. The third kappa shape index (κ3) is 54.8. The van der Waals surface area contributed by atoms with Crippen molar-refractivity contribution in [1.82, 2.24) is 0 Å². The summed E-state index contributed by atoms with van der Waals surface area (Å²) in [6, 6.07) is 0. The number of carbonyl (C=O) groups is 3. The van der Waals surface area contributed by atoms with Gasteiger partial charge in [0.1, 0.15) is 13.2 Å². The Labute approximate surface area is 423 Å². The molecule has 0 saturated heterocycles. The first-order valence-electron chi connectivity index (χ1n) is 30.3. The van der Waals surface area contributed by atoms with Crippen molar-refractivity contribution in [3.63, 3.8) is 0 Å². The normalized spacial score (nSPS) is 12.1. The van der Waals surface area contributed by atoms with E-state index >= 15 is 0 Å². The van der Waals surface area contributed by atoms with Gasteiger partial charge in [-0.1, -0.05) is 289 Å². The monoisotopic (exact) mass is 957 g/mol. The molecule has 400 valence electrons. The number of esters is 3. The molecule has 0 aliphatic heterocycles. The van der Waals surface area contributed by atoms with Crippen molar-refractivity contribution < 1.29 is 28.6 Å². The molecular weight excluding hydrogens is 841 g/mol. The number of hydrogen-bond donors (Lipinski definition) is 0. The molecule has 0 spiro atoms. The highest BCUT2D eigenvalue weighted by Gasteiger charge is 2.19. The van der Waals surface area contributed by atoms with Crippen molar-refractivity contribution in [1.29, 1.82) is 0 Å². The van der Waals surface area contributed by atoms with E-state index in [9.17, 15) is 14.4 Å². The van der Waals surface area contributed by atoms with Crippen LogP contribution in [-0.2, 0) is 28.6 Å². The van der Waals surface area contributed by atoms with Gasteiger partial charge in [-0.25, -0.2) is 0 Å². The minimum absolute atomic E-state index is 0.0715. The van der Waals surface area contributed by atoms with E-state index in [1.165, 1.54) is 218 Å². The first-order valence-corrected chi connectivity index (χ1v) is 30.3. The molecule has 0 rings (SSSR count). The average molecular weight is 958 g/mol. The lowest BCUT2D eigenvalue weighted by atomic mass is 10.0. The van der Waals surface area contributed by atoms with E-state index in [2.05, 4.69) is 45.1 Å². The second-order valence-corrected chi connectivity index (χ2v) is 20.6. The van der Waals surface area contributed by atoms with E-state index in [1.54, 1.807) is 0 Å². The van der Waals surface area contributed by atoms with E-state index in [0.717, 1.165) is 77.0 Å². The maximum atomic E-state index is 12.8. The minimum atomic E-state index is -0.773. The molecule has 0 aliphatic rings. The van der Waals surface area contributed by atoms with Crippen LogP contribution in [0.1, 0.15) is 335 Å². The van der Waals surface area contributed by atoms with Crippen LogP contribution >= 0.6 is 0 Å². The lowest BCUT2D eigenvalue weighted by Gasteiger charge is -2.18. The van der Waals surface area contributed by atoms with E-state index in [-0.39, 0.29) is 31.1 Å². The average Bonchev–Trinajstić information content (AvgIpc) is 3.34. The zero-order valence-electron chi connectivity index (χ0n) is 45.9. The van der Waals surface area contributed by atoms with Crippen LogP contribution in [0.2, 0.25) is 0 Å². The van der Waals surface area contributed by atoms with Crippen molar-refractivity contribution in [3.8, 4) is 0 Å². The van der Waals surface area contributed by atoms with Crippen LogP contribution in [0, 0.1) is 0 Å². The molecule has 6 heteroatoms. The molecule has 0 aliphatic carbocycles. The summed E-state index contributed by atoms with van der Waals surface area (Å²) in [5.41, 5.74) is 0. The Balaban J connectivity index is 4.23. The first-order chi connectivity index (χ1) is 33.5. The summed E-state index contributed by atoms with van der Waals surface area (Å²) in [5.74, 6) is -0.864. The second-order valence-electron chi connectivity index (χ2n) is 20.6. The van der Waals surface area contributed by atoms with Gasteiger partial charge in [-0.3, -0.25) is 14.4 Å². The summed E-state index contributed by atoms with van der Waals surface area (Å²) in [7, 11) is 0. The zero-order valence-corrected chi connectivity index (χ0v) is 45.9. The van der Waals surface area contributed by atoms with E-state index in [1.807, 2.05) is 0 Å². The third-order valence-corrected chi connectivity index (χ3v) is 13.7. The largest absolute Gasteiger partial charge is 0.462 e. The third-order valence-electron chi connectivity index (χ3n) is 13.7. The molecule has 0 heterocycles. The summed E-state index contributed by atoms with van der Waals surface area (Å²) in [6.45, 7) is 6.66. The second kappa shape index (κ2) is 57.5. The lowest BCUT2D eigenvalue weighted by molar-refractivity contribution is -0.167. The summed E-state index contributed by atoms with van der Waals surface area (Å²) < 4.78 is 16.9. The fourth-order valence-electron chi connectivity index (χ4n) is 9.12. The topological polar surface area (TPSA) is 78.9 Å². The van der Waals surface area contributed by atoms with Crippen LogP contribution in [0.4, 0.5) is 0 Å². The highest BCUT2D eigenvalue weighted by atomic mass is 16.6. The predicted octanol–water partition coefficient (Wildman–Crippen LogP) is 20.3. The van der Waals surface area contributed by atoms with Gasteiger partial charge >= 0.3 is 17.9 Å². The van der Waals surface area contributed by atoms with Crippen molar-refractivity contribution in [3.05, 3.63) is 24.3 Å². The van der Waals surface area contributed by atoms with Crippen LogP contribution in [0.3, 0.4) is 0 Å². The Kier molecular flexibility index (Phi) is 55.7. The van der Waals surface area contributed by atoms with Crippen LogP contribution in [0.25, 0.3) is 0 Å². The van der Waals surface area contributed by atoms with E-state index < -0.39 is 6.10 Å². The summed E-state index contributed by atoms with van der Waals surface area (Å²) in [4.78, 5) is 38.1. The Hall–Kier alpha value is -2.11. The molecular formula is C62H116O6. The Morgan fingerprint density at radius 3 is 0.824 bits per heavy atom. The van der Waals surface area contributed by atoms with Gasteiger partial charge in [0.05, 0.1) is 0 Å². The van der Waals surface area contributed by atoms with Gasteiger partial charge in [-0.05, 0) is 51.4 Å². The standard InChI is InChI=1S/C62H116O6/c1-4-7-10-13-16-19-22-24-26-28-29-30-31-32-33-34-36-37-40-43-46-49-52-55-61(64)67-58-59(57-66-60(63)54-51-48-45-42-39-21-18-15-12-9-6-3)68-62(65)56-53-50-47-44-41-38-35-27-25-23-20-17-14-11-8-5-2/h20,23,27,35,59H,4-19,21-22,24-26,28-34,36-58H2,1-3H3/b23-20-,35-27-. The van der Waals surface area contributed by atoms with Crippen LogP contribution in [0.15, 0.2) is 24.3 Å². The smallest absolute Gasteiger partial charge is 0.306 e. The maximum absolute atomic E-state index is 12.8. The molecule has 0 radical (unpaired) electrons. The van der Waals surface area contributed by atoms with Crippen molar-refractivity contribution in [2.45, 2.75) is 341 Å². The number of hydrogen-bond acceptors (Lipinski definition) is 6. The first kappa shape index (κ1) is 65.9. The van der Waals surface area contributed by atoms with Gasteiger partial charge in [-0.2, -0.15) is 0 Å². The molecule has 0 fully saturated rings. The molecule has 0 aromatic heterocycles. The quantitative estimate of drug-likeness (QED) is 0.0262. The zero-order chi connectivity index (χ0) is 49.3. The molecule has 0 aromatic rings. The molecule has 1 unspecified atom stereocenters. The Morgan fingerprint density at radius 2 is 0.529 bits per heavy atom. The van der Waals surface area contributed by atoms with Crippen molar-refractivity contribution in [2.24, 2.45) is 0 Å². The van der Waals surface area contributed by atoms with Gasteiger partial charge < -0.3 is 14.2 Å². The van der Waals surface area contributed by atoms with Crippen molar-refractivity contribution >= 4 is 17.9 Å². The van der Waals surface area contributed by atoms with Crippen LogP contribution < -0.4 is 0 Å². The molecule has 68 heavy (non-hydrogen) atoms. The van der Waals surface area contributed by atoms with E-state index in [0.29, 0.717) is 19.3 Å². The number of carbonyl (C=O) groups excluding carboxylic acids is 3. The predicted molar refractivity (Wildman–Crippen MR) is 293 cm³/mol. The van der Waals surface area contributed by atoms with Gasteiger partial charge in [0.25, 0.3) is 0 Å². The fourth-order valence-corrected chi connectivity index (χ4v) is 9.12. The van der Waals surface area contributed by atoms with Gasteiger partial charge in [0, 0.05) is 19.3 Å². The molecule has 0 saturated carbocycles. The Bertz CT molecular complexity index is 1100. The SMILES string of the molecule is CCCCCC/C=C\C/C=C\CCCCCCCC(=O)OC(COC(=O)CCCCCCCCCCCCC)COC(=O)CCCCCCCCCCCCCCCCCCCCCCCCC. The number of allylic oxidation sites excluding steroid dienone is 4. The number of ether oxygens (including phenoxy) is 3. The molecule has 1 atom stereocenters. The van der Waals surface area contributed by atoms with E-state index in [4.69, 9.17) is 14.2 Å². The minimum Gasteiger partial charge on any atom is -0.462 e. The summed E-state index contributed by atoms with van der Waals surface area (Å²) in [6.07, 6.45) is 67.5. The molecule has 0 amide bonds. The summed E-state index contributed by atoms with van der Waals surface area (Å²) in [5, 5.41) is 0. The fraction of sp³-hybridized carbons (Fsp3) is 0.887. The van der Waals surface area contributed by atoms with Gasteiger partial charge in [-0.15, -0.1) is 0 Å². The molecule has 6 nitrogen and oxygen atoms in total. The van der Waals surface area contributed by atoms with Crippen molar-refractivity contribution in [2.75, 3.05) is 13.2 Å². The van der Waals surface area contributed by atoms with Crippen LogP contribution in [-0.4, -0.2) is 37.2 Å². The lowest BCUT2D eigenvalue weighted by Crippen LogP contribution is -2.30. The number of unbranched alkanes of at least 4 members (excludes halogenated alkanes) is 41. The highest BCUT2D eigenvalue weighted by molar-refractivity contribution is 5.71.